The van der Waals surface area contributed by atoms with Crippen LogP contribution in [0.5, 0.6) is 0 Å². The van der Waals surface area contributed by atoms with Crippen molar-refractivity contribution in [1.82, 2.24) is 9.97 Å². The van der Waals surface area contributed by atoms with E-state index in [4.69, 9.17) is 5.11 Å². The summed E-state index contributed by atoms with van der Waals surface area (Å²) in [6.45, 7) is 3.35. The Morgan fingerprint density at radius 3 is 2.84 bits per heavy atom. The molecule has 126 valence electrons. The quantitative estimate of drug-likeness (QED) is 0.785. The number of nitrogens with zero attached hydrogens (tertiary/aromatic N) is 3. The van der Waals surface area contributed by atoms with Crippen LogP contribution in [0.15, 0.2) is 48.7 Å². The van der Waals surface area contributed by atoms with Crippen LogP contribution in [-0.4, -0.2) is 33.6 Å². The molecular weight excluding hydrogens is 314 g/mol. The average molecular weight is 333 g/mol. The van der Waals surface area contributed by atoms with Gasteiger partial charge in [0.25, 0.3) is 0 Å². The third-order valence-electron chi connectivity index (χ3n) is 4.82. The highest BCUT2D eigenvalue weighted by Gasteiger charge is 2.20. The number of aromatic carboxylic acids is 1. The molecule has 1 saturated heterocycles. The number of carbonyl (C=O) groups is 1. The van der Waals surface area contributed by atoms with Gasteiger partial charge in [0.05, 0.1) is 28.5 Å². The van der Waals surface area contributed by atoms with E-state index < -0.39 is 5.97 Å². The van der Waals surface area contributed by atoms with Gasteiger partial charge >= 0.3 is 5.97 Å². The van der Waals surface area contributed by atoms with Gasteiger partial charge in [-0.15, -0.1) is 0 Å². The lowest BCUT2D eigenvalue weighted by Crippen LogP contribution is -2.26. The summed E-state index contributed by atoms with van der Waals surface area (Å²) in [6.07, 6.45) is 4.17. The normalized spacial score (nSPS) is 17.2. The summed E-state index contributed by atoms with van der Waals surface area (Å²) in [7, 11) is 0. The summed E-state index contributed by atoms with van der Waals surface area (Å²) >= 11 is 0. The van der Waals surface area contributed by atoms with Gasteiger partial charge in [0.15, 0.2) is 0 Å². The number of anilines is 1. The predicted octanol–water partition coefficient (Wildman–Crippen LogP) is 3.98. The topological polar surface area (TPSA) is 66.3 Å². The Hall–Kier alpha value is -2.95. The minimum Gasteiger partial charge on any atom is -0.478 e. The van der Waals surface area contributed by atoms with Crippen molar-refractivity contribution in [2.24, 2.45) is 0 Å². The van der Waals surface area contributed by atoms with E-state index >= 15 is 0 Å². The van der Waals surface area contributed by atoms with E-state index in [0.29, 0.717) is 17.1 Å². The third-order valence-corrected chi connectivity index (χ3v) is 4.82. The second-order valence-electron chi connectivity index (χ2n) is 6.50. The molecule has 5 nitrogen and oxygen atoms in total. The molecule has 1 N–H and O–H groups in total. The summed E-state index contributed by atoms with van der Waals surface area (Å²) in [5.74, 6) is -0.958. The Labute approximate surface area is 146 Å². The molecule has 0 amide bonds. The second-order valence-corrected chi connectivity index (χ2v) is 6.50. The minimum atomic E-state index is -0.958. The lowest BCUT2D eigenvalue weighted by Gasteiger charge is -2.24. The second kappa shape index (κ2) is 6.16. The maximum Gasteiger partial charge on any atom is 0.335 e. The number of carboxylic acid groups (broad SMARTS) is 1. The molecule has 2 aromatic carbocycles. The monoisotopic (exact) mass is 333 g/mol. The van der Waals surface area contributed by atoms with Gasteiger partial charge in [-0.3, -0.25) is 4.98 Å². The zero-order valence-electron chi connectivity index (χ0n) is 14.0. The van der Waals surface area contributed by atoms with Crippen LogP contribution >= 0.6 is 0 Å². The first kappa shape index (κ1) is 15.6. The van der Waals surface area contributed by atoms with Gasteiger partial charge in [-0.2, -0.15) is 0 Å². The number of aromatic nitrogens is 2. The van der Waals surface area contributed by atoms with E-state index in [-0.39, 0.29) is 5.56 Å². The van der Waals surface area contributed by atoms with E-state index in [1.165, 1.54) is 18.5 Å². The maximum atomic E-state index is 11.1. The number of hydrogen-bond acceptors (Lipinski definition) is 4. The number of hydrogen-bond donors (Lipinski definition) is 1. The Balaban J connectivity index is 1.72. The fourth-order valence-corrected chi connectivity index (χ4v) is 3.44. The van der Waals surface area contributed by atoms with Crippen LogP contribution in [0, 0.1) is 0 Å². The van der Waals surface area contributed by atoms with Crippen LogP contribution in [0.4, 0.5) is 5.69 Å². The van der Waals surface area contributed by atoms with Crippen LogP contribution in [0.1, 0.15) is 30.1 Å². The van der Waals surface area contributed by atoms with Gasteiger partial charge in [0, 0.05) is 23.8 Å². The number of fused-ring (bicyclic) bond motifs is 1. The van der Waals surface area contributed by atoms with Crippen LogP contribution in [-0.2, 0) is 0 Å². The molecule has 1 atom stereocenters. The molecular formula is C20H19N3O2. The Bertz CT molecular complexity index is 955. The van der Waals surface area contributed by atoms with E-state index in [1.807, 2.05) is 6.07 Å². The highest BCUT2D eigenvalue weighted by Crippen LogP contribution is 2.29. The fourth-order valence-electron chi connectivity index (χ4n) is 3.44. The molecule has 1 unspecified atom stereocenters. The number of carboxylic acids is 1. The predicted molar refractivity (Wildman–Crippen MR) is 98.0 cm³/mol. The van der Waals surface area contributed by atoms with Crippen LogP contribution in [0.3, 0.4) is 0 Å². The third kappa shape index (κ3) is 2.93. The van der Waals surface area contributed by atoms with Crippen molar-refractivity contribution in [3.63, 3.8) is 0 Å². The average Bonchev–Trinajstić information content (AvgIpc) is 3.07. The first-order valence-corrected chi connectivity index (χ1v) is 8.49. The zero-order valence-corrected chi connectivity index (χ0v) is 14.0. The molecule has 0 radical (unpaired) electrons. The van der Waals surface area contributed by atoms with E-state index in [9.17, 15) is 4.79 Å². The van der Waals surface area contributed by atoms with Crippen molar-refractivity contribution in [3.05, 3.63) is 54.2 Å². The van der Waals surface area contributed by atoms with Gasteiger partial charge in [-0.05, 0) is 50.1 Å². The van der Waals surface area contributed by atoms with Crippen LogP contribution in [0.25, 0.3) is 22.3 Å². The summed E-state index contributed by atoms with van der Waals surface area (Å²) in [4.78, 5) is 22.6. The van der Waals surface area contributed by atoms with Crippen molar-refractivity contribution >= 4 is 22.7 Å². The Kier molecular flexibility index (Phi) is 3.84. The van der Waals surface area contributed by atoms with Gasteiger partial charge in [0.2, 0.25) is 0 Å². The van der Waals surface area contributed by atoms with E-state index in [0.717, 1.165) is 17.8 Å². The van der Waals surface area contributed by atoms with Gasteiger partial charge in [-0.1, -0.05) is 12.1 Å². The zero-order chi connectivity index (χ0) is 17.4. The van der Waals surface area contributed by atoms with Crippen molar-refractivity contribution < 1.29 is 9.90 Å². The molecule has 0 saturated carbocycles. The lowest BCUT2D eigenvalue weighted by molar-refractivity contribution is 0.0697. The highest BCUT2D eigenvalue weighted by atomic mass is 16.4. The van der Waals surface area contributed by atoms with Crippen LogP contribution < -0.4 is 4.90 Å². The largest absolute Gasteiger partial charge is 0.478 e. The molecule has 2 heterocycles. The van der Waals surface area contributed by atoms with E-state index in [2.05, 4.69) is 40.0 Å². The molecule has 5 heteroatoms. The molecule has 3 aromatic rings. The van der Waals surface area contributed by atoms with Crippen molar-refractivity contribution in [2.45, 2.75) is 25.8 Å². The number of benzene rings is 2. The van der Waals surface area contributed by atoms with Gasteiger partial charge in [-0.25, -0.2) is 9.78 Å². The summed E-state index contributed by atoms with van der Waals surface area (Å²) in [5, 5.41) is 9.08. The smallest absolute Gasteiger partial charge is 0.335 e. The SMILES string of the molecule is CC1CCCN1c1cccc(-c2cnc3cc(C(=O)O)ccc3n2)c1. The molecule has 1 fully saturated rings. The molecule has 0 aliphatic carbocycles. The fraction of sp³-hybridized carbons (Fsp3) is 0.250. The minimum absolute atomic E-state index is 0.222. The molecule has 1 aromatic heterocycles. The molecule has 0 bridgehead atoms. The standard InChI is InChI=1S/C20H19N3O2/c1-13-4-3-9-23(13)16-6-2-5-14(10-16)19-12-21-18-11-15(20(24)25)7-8-17(18)22-19/h2,5-8,10-13H,3-4,9H2,1H3,(H,24,25). The Morgan fingerprint density at radius 1 is 1.20 bits per heavy atom. The summed E-state index contributed by atoms with van der Waals surface area (Å²) < 4.78 is 0. The molecule has 25 heavy (non-hydrogen) atoms. The highest BCUT2D eigenvalue weighted by molar-refractivity contribution is 5.92. The number of rotatable bonds is 3. The lowest BCUT2D eigenvalue weighted by atomic mass is 10.1. The summed E-state index contributed by atoms with van der Waals surface area (Å²) in [6, 6.07) is 13.8. The van der Waals surface area contributed by atoms with Crippen molar-refractivity contribution in [2.75, 3.05) is 11.4 Å². The van der Waals surface area contributed by atoms with Crippen molar-refractivity contribution in [1.29, 1.82) is 0 Å². The molecule has 1 aliphatic heterocycles. The molecule has 1 aliphatic rings. The van der Waals surface area contributed by atoms with Gasteiger partial charge in [0.1, 0.15) is 0 Å². The van der Waals surface area contributed by atoms with E-state index in [1.54, 1.807) is 24.4 Å². The first-order chi connectivity index (χ1) is 12.1. The van der Waals surface area contributed by atoms with Crippen molar-refractivity contribution in [3.8, 4) is 11.3 Å². The maximum absolute atomic E-state index is 11.1. The Morgan fingerprint density at radius 2 is 2.08 bits per heavy atom. The summed E-state index contributed by atoms with van der Waals surface area (Å²) in [5.41, 5.74) is 4.54. The van der Waals surface area contributed by atoms with Gasteiger partial charge < -0.3 is 10.0 Å². The first-order valence-electron chi connectivity index (χ1n) is 8.49. The molecule has 4 rings (SSSR count). The van der Waals surface area contributed by atoms with Crippen LogP contribution in [0.2, 0.25) is 0 Å². The molecule has 0 spiro atoms.